The predicted molar refractivity (Wildman–Crippen MR) is 117 cm³/mol. The number of esters is 1. The van der Waals surface area contributed by atoms with Gasteiger partial charge in [-0.25, -0.2) is 9.78 Å². The Morgan fingerprint density at radius 3 is 2.14 bits per heavy atom. The van der Waals surface area contributed by atoms with Gasteiger partial charge < -0.3 is 14.8 Å². The highest BCUT2D eigenvalue weighted by atomic mass is 16.5. The summed E-state index contributed by atoms with van der Waals surface area (Å²) in [4.78, 5) is 20.1. The van der Waals surface area contributed by atoms with Crippen LogP contribution < -0.4 is 0 Å². The number of phenolic OH excluding ortho intramolecular Hbond substituents is 1. The number of rotatable bonds is 3. The molecule has 29 heavy (non-hydrogen) atoms. The molecule has 0 unspecified atom stereocenters. The van der Waals surface area contributed by atoms with Crippen molar-refractivity contribution in [2.24, 2.45) is 0 Å². The molecule has 0 atom stereocenters. The van der Waals surface area contributed by atoms with Gasteiger partial charge in [-0.3, -0.25) is 0 Å². The third-order valence-corrected chi connectivity index (χ3v) is 4.99. The first kappa shape index (κ1) is 20.9. The second-order valence-electron chi connectivity index (χ2n) is 9.46. The first-order valence-corrected chi connectivity index (χ1v) is 9.97. The Hall–Kier alpha value is -2.82. The summed E-state index contributed by atoms with van der Waals surface area (Å²) in [6.45, 7) is 14.6. The average molecular weight is 395 g/mol. The van der Waals surface area contributed by atoms with Crippen LogP contribution in [0.3, 0.4) is 0 Å². The van der Waals surface area contributed by atoms with Gasteiger partial charge in [0.1, 0.15) is 11.6 Å². The maximum absolute atomic E-state index is 12.0. The molecule has 5 heteroatoms. The predicted octanol–water partition coefficient (Wildman–Crippen LogP) is 5.71. The number of imidazole rings is 1. The van der Waals surface area contributed by atoms with E-state index in [4.69, 9.17) is 9.72 Å². The molecule has 0 saturated heterocycles. The lowest BCUT2D eigenvalue weighted by atomic mass is 9.78. The normalized spacial score (nSPS) is 12.4. The largest absolute Gasteiger partial charge is 0.507 e. The fourth-order valence-electron chi connectivity index (χ4n) is 3.40. The molecule has 0 fully saturated rings. The lowest BCUT2D eigenvalue weighted by Crippen LogP contribution is -2.17. The van der Waals surface area contributed by atoms with E-state index in [2.05, 4.69) is 46.5 Å². The topological polar surface area (TPSA) is 75.2 Å². The highest BCUT2D eigenvalue weighted by Gasteiger charge is 2.27. The number of carbonyl (C=O) groups is 1. The fraction of sp³-hybridized carbons (Fsp3) is 0.417. The quantitative estimate of drug-likeness (QED) is 0.558. The van der Waals surface area contributed by atoms with Crippen LogP contribution in [0, 0.1) is 0 Å². The van der Waals surface area contributed by atoms with Crippen LogP contribution in [-0.2, 0) is 15.6 Å². The molecular formula is C24H30N2O3. The van der Waals surface area contributed by atoms with Gasteiger partial charge in [0.05, 0.1) is 23.2 Å². The zero-order valence-electron chi connectivity index (χ0n) is 18.3. The van der Waals surface area contributed by atoms with Gasteiger partial charge in [0.2, 0.25) is 0 Å². The molecular weight excluding hydrogens is 364 g/mol. The Balaban J connectivity index is 2.17. The summed E-state index contributed by atoms with van der Waals surface area (Å²) < 4.78 is 5.09. The van der Waals surface area contributed by atoms with E-state index >= 15 is 0 Å². The van der Waals surface area contributed by atoms with Crippen molar-refractivity contribution in [3.63, 3.8) is 0 Å². The van der Waals surface area contributed by atoms with E-state index in [1.54, 1.807) is 19.1 Å². The molecule has 3 aromatic rings. The summed E-state index contributed by atoms with van der Waals surface area (Å²) in [5, 5.41) is 10.9. The zero-order chi connectivity index (χ0) is 21.6. The molecule has 5 nitrogen and oxygen atoms in total. The van der Waals surface area contributed by atoms with E-state index in [9.17, 15) is 9.90 Å². The van der Waals surface area contributed by atoms with Crippen LogP contribution in [0.2, 0.25) is 0 Å². The Morgan fingerprint density at radius 2 is 1.62 bits per heavy atom. The van der Waals surface area contributed by atoms with Gasteiger partial charge in [0, 0.05) is 16.7 Å². The van der Waals surface area contributed by atoms with E-state index in [-0.39, 0.29) is 16.8 Å². The maximum atomic E-state index is 12.0. The number of hydrogen-bond donors (Lipinski definition) is 2. The monoisotopic (exact) mass is 394 g/mol. The van der Waals surface area contributed by atoms with Crippen molar-refractivity contribution in [1.29, 1.82) is 0 Å². The van der Waals surface area contributed by atoms with Crippen LogP contribution in [0.25, 0.3) is 22.4 Å². The summed E-state index contributed by atoms with van der Waals surface area (Å²) >= 11 is 0. The average Bonchev–Trinajstić information content (AvgIpc) is 3.03. The van der Waals surface area contributed by atoms with Crippen LogP contribution >= 0.6 is 0 Å². The smallest absolute Gasteiger partial charge is 0.338 e. The number of carbonyl (C=O) groups excluding carboxylic acids is 1. The standard InChI is InChI=1S/C24H30N2O3/c1-8-29-22(28)14-9-10-18-19(13-14)26-21(25-18)15-11-16(23(2,3)4)20(27)17(12-15)24(5,6)7/h9-13,27H,8H2,1-7H3,(H,25,26). The number of benzene rings is 2. The molecule has 2 aromatic carbocycles. The summed E-state index contributed by atoms with van der Waals surface area (Å²) in [5.41, 5.74) is 4.27. The van der Waals surface area contributed by atoms with Gasteiger partial charge in [-0.1, -0.05) is 41.5 Å². The Bertz CT molecular complexity index is 1030. The zero-order valence-corrected chi connectivity index (χ0v) is 18.3. The molecule has 0 bridgehead atoms. The highest BCUT2D eigenvalue weighted by molar-refractivity contribution is 5.94. The molecule has 0 amide bonds. The number of phenols is 1. The van der Waals surface area contributed by atoms with E-state index in [0.29, 0.717) is 23.7 Å². The second-order valence-corrected chi connectivity index (χ2v) is 9.46. The lowest BCUT2D eigenvalue weighted by Gasteiger charge is -2.28. The number of aromatic hydroxyl groups is 1. The van der Waals surface area contributed by atoms with Crippen LogP contribution in [0.15, 0.2) is 30.3 Å². The minimum Gasteiger partial charge on any atom is -0.507 e. The van der Waals surface area contributed by atoms with Crippen molar-refractivity contribution in [3.05, 3.63) is 47.0 Å². The molecule has 154 valence electrons. The van der Waals surface area contributed by atoms with Crippen molar-refractivity contribution >= 4 is 17.0 Å². The van der Waals surface area contributed by atoms with Gasteiger partial charge in [0.15, 0.2) is 0 Å². The number of aromatic amines is 1. The summed E-state index contributed by atoms with van der Waals surface area (Å²) in [6.07, 6.45) is 0. The van der Waals surface area contributed by atoms with Gasteiger partial charge >= 0.3 is 5.97 Å². The van der Waals surface area contributed by atoms with Crippen molar-refractivity contribution in [2.75, 3.05) is 6.61 Å². The second kappa shape index (κ2) is 7.21. The molecule has 3 rings (SSSR count). The number of ether oxygens (including phenoxy) is 1. The van der Waals surface area contributed by atoms with Gasteiger partial charge in [-0.15, -0.1) is 0 Å². The molecule has 0 aliphatic rings. The van der Waals surface area contributed by atoms with E-state index < -0.39 is 0 Å². The molecule has 0 saturated carbocycles. The molecule has 1 heterocycles. The number of hydrogen-bond acceptors (Lipinski definition) is 4. The first-order chi connectivity index (χ1) is 13.4. The third-order valence-electron chi connectivity index (χ3n) is 4.99. The molecule has 0 spiro atoms. The number of nitrogens with zero attached hydrogens (tertiary/aromatic N) is 1. The number of nitrogens with one attached hydrogen (secondary N) is 1. The van der Waals surface area contributed by atoms with Gasteiger partial charge in [0.25, 0.3) is 0 Å². The van der Waals surface area contributed by atoms with Crippen molar-refractivity contribution < 1.29 is 14.6 Å². The van der Waals surface area contributed by atoms with Crippen molar-refractivity contribution in [2.45, 2.75) is 59.3 Å². The molecule has 2 N–H and O–H groups in total. The molecule has 0 aliphatic heterocycles. The van der Waals surface area contributed by atoms with E-state index in [1.807, 2.05) is 18.2 Å². The van der Waals surface area contributed by atoms with Crippen LogP contribution in [0.1, 0.15) is 70.0 Å². The van der Waals surface area contributed by atoms with Crippen molar-refractivity contribution in [1.82, 2.24) is 9.97 Å². The number of H-pyrrole nitrogens is 1. The van der Waals surface area contributed by atoms with E-state index in [1.165, 1.54) is 0 Å². The lowest BCUT2D eigenvalue weighted by molar-refractivity contribution is 0.0526. The Kier molecular flexibility index (Phi) is 5.20. The van der Waals surface area contributed by atoms with E-state index in [0.717, 1.165) is 27.7 Å². The summed E-state index contributed by atoms with van der Waals surface area (Å²) in [5.74, 6) is 0.701. The van der Waals surface area contributed by atoms with Gasteiger partial charge in [-0.05, 0) is 48.1 Å². The molecule has 1 aromatic heterocycles. The van der Waals surface area contributed by atoms with Gasteiger partial charge in [-0.2, -0.15) is 0 Å². The van der Waals surface area contributed by atoms with Crippen LogP contribution in [0.5, 0.6) is 5.75 Å². The Labute approximate surface area is 172 Å². The number of aromatic nitrogens is 2. The minimum absolute atomic E-state index is 0.219. The SMILES string of the molecule is CCOC(=O)c1ccc2nc(-c3cc(C(C)(C)C)c(O)c(C(C)(C)C)c3)[nH]c2c1. The van der Waals surface area contributed by atoms with Crippen LogP contribution in [0.4, 0.5) is 0 Å². The number of fused-ring (bicyclic) bond motifs is 1. The van der Waals surface area contributed by atoms with Crippen LogP contribution in [-0.4, -0.2) is 27.7 Å². The maximum Gasteiger partial charge on any atom is 0.338 e. The summed E-state index contributed by atoms with van der Waals surface area (Å²) in [6, 6.07) is 9.29. The minimum atomic E-state index is -0.347. The molecule has 0 aliphatic carbocycles. The Morgan fingerprint density at radius 1 is 1.03 bits per heavy atom. The first-order valence-electron chi connectivity index (χ1n) is 9.97. The molecule has 0 radical (unpaired) electrons. The third kappa shape index (κ3) is 4.14. The van der Waals surface area contributed by atoms with Crippen molar-refractivity contribution in [3.8, 4) is 17.1 Å². The highest BCUT2D eigenvalue weighted by Crippen LogP contribution is 2.41. The summed E-state index contributed by atoms with van der Waals surface area (Å²) in [7, 11) is 0. The fourth-order valence-corrected chi connectivity index (χ4v) is 3.40.